The third-order valence-corrected chi connectivity index (χ3v) is 6.69. The highest BCUT2D eigenvalue weighted by molar-refractivity contribution is 5.99. The second-order valence-corrected chi connectivity index (χ2v) is 8.81. The largest absolute Gasteiger partial charge is 0.495 e. The van der Waals surface area contributed by atoms with E-state index in [0.29, 0.717) is 36.7 Å². The first-order chi connectivity index (χ1) is 16.4. The Morgan fingerprint density at radius 3 is 2.59 bits per heavy atom. The van der Waals surface area contributed by atoms with Gasteiger partial charge in [-0.15, -0.1) is 0 Å². The van der Waals surface area contributed by atoms with Crippen LogP contribution in [0.3, 0.4) is 0 Å². The Labute approximate surface area is 195 Å². The molecule has 5 rings (SSSR count). The molecule has 1 aromatic heterocycles. The molecule has 2 aliphatic heterocycles. The molecule has 176 valence electrons. The Kier molecular flexibility index (Phi) is 5.67. The number of fused-ring (bicyclic) bond motifs is 1. The van der Waals surface area contributed by atoms with Gasteiger partial charge in [0.15, 0.2) is 11.6 Å². The van der Waals surface area contributed by atoms with Crippen molar-refractivity contribution < 1.29 is 22.7 Å². The summed E-state index contributed by atoms with van der Waals surface area (Å²) in [5, 5.41) is 0. The van der Waals surface area contributed by atoms with Crippen molar-refractivity contribution in [1.29, 1.82) is 0 Å². The number of imidazole rings is 1. The van der Waals surface area contributed by atoms with Crippen molar-refractivity contribution in [1.82, 2.24) is 14.5 Å². The summed E-state index contributed by atoms with van der Waals surface area (Å²) in [5.74, 6) is -2.74. The number of ether oxygens (including phenoxy) is 1. The number of aryl methyl sites for hydroxylation is 1. The minimum Gasteiger partial charge on any atom is -0.495 e. The molecule has 0 radical (unpaired) electrons. The number of rotatable bonds is 4. The van der Waals surface area contributed by atoms with Gasteiger partial charge in [0.05, 0.1) is 30.9 Å². The normalized spacial score (nSPS) is 21.3. The van der Waals surface area contributed by atoms with Gasteiger partial charge in [-0.25, -0.2) is 18.2 Å². The molecule has 3 heterocycles. The molecule has 8 heteroatoms. The van der Waals surface area contributed by atoms with E-state index in [9.17, 15) is 18.0 Å². The lowest BCUT2D eigenvalue weighted by Gasteiger charge is -2.35. The first kappa shape index (κ1) is 22.3. The third-order valence-electron chi connectivity index (χ3n) is 6.69. The van der Waals surface area contributed by atoms with Crippen LogP contribution in [0.2, 0.25) is 0 Å². The van der Waals surface area contributed by atoms with Crippen LogP contribution in [-0.4, -0.2) is 33.5 Å². The predicted octanol–water partition coefficient (Wildman–Crippen LogP) is 5.52. The zero-order valence-corrected chi connectivity index (χ0v) is 18.9. The number of hydrogen-bond donors (Lipinski definition) is 0. The van der Waals surface area contributed by atoms with Crippen molar-refractivity contribution in [2.75, 3.05) is 7.11 Å². The lowest BCUT2D eigenvalue weighted by atomic mass is 9.95. The molecule has 2 aliphatic rings. The molecular weight excluding hydrogens is 443 g/mol. The molecule has 0 bridgehead atoms. The van der Waals surface area contributed by atoms with Gasteiger partial charge >= 0.3 is 0 Å². The van der Waals surface area contributed by atoms with E-state index in [4.69, 9.17) is 4.74 Å². The molecule has 0 N–H and O–H groups in total. The second-order valence-electron chi connectivity index (χ2n) is 8.81. The van der Waals surface area contributed by atoms with Crippen molar-refractivity contribution in [3.05, 3.63) is 82.7 Å². The molecule has 5 nitrogen and oxygen atoms in total. The number of carbonyl (C=O) groups is 1. The number of methoxy groups -OCH3 is 1. The summed E-state index contributed by atoms with van der Waals surface area (Å²) >= 11 is 0. The van der Waals surface area contributed by atoms with Crippen LogP contribution in [-0.2, 0) is 4.79 Å². The van der Waals surface area contributed by atoms with Crippen LogP contribution in [0.5, 0.6) is 5.75 Å². The zero-order chi connectivity index (χ0) is 24.0. The summed E-state index contributed by atoms with van der Waals surface area (Å²) in [6.45, 7) is 1.90. The van der Waals surface area contributed by atoms with E-state index in [1.54, 1.807) is 18.3 Å². The van der Waals surface area contributed by atoms with Crippen LogP contribution in [0.25, 0.3) is 11.8 Å². The minimum atomic E-state index is -1.23. The maximum atomic E-state index is 14.5. The van der Waals surface area contributed by atoms with E-state index < -0.39 is 23.5 Å². The molecule has 2 saturated heterocycles. The maximum absolute atomic E-state index is 14.5. The van der Waals surface area contributed by atoms with E-state index in [0.717, 1.165) is 29.4 Å². The van der Waals surface area contributed by atoms with Crippen molar-refractivity contribution in [2.45, 2.75) is 44.7 Å². The quantitative estimate of drug-likeness (QED) is 0.375. The Morgan fingerprint density at radius 2 is 1.85 bits per heavy atom. The van der Waals surface area contributed by atoms with Gasteiger partial charge in [0.2, 0.25) is 0 Å². The van der Waals surface area contributed by atoms with E-state index >= 15 is 0 Å². The van der Waals surface area contributed by atoms with Gasteiger partial charge in [0, 0.05) is 29.4 Å². The molecule has 1 amide bonds. The molecule has 2 atom stereocenters. The van der Waals surface area contributed by atoms with Crippen LogP contribution in [0.4, 0.5) is 13.2 Å². The van der Waals surface area contributed by atoms with Crippen LogP contribution >= 0.6 is 0 Å². The second kappa shape index (κ2) is 8.66. The summed E-state index contributed by atoms with van der Waals surface area (Å²) in [7, 11) is 1.58. The number of aromatic nitrogens is 2. The molecule has 2 aromatic carbocycles. The molecule has 2 fully saturated rings. The summed E-state index contributed by atoms with van der Waals surface area (Å²) in [6, 6.07) is 6.44. The van der Waals surface area contributed by atoms with Crippen molar-refractivity contribution in [3.8, 4) is 11.4 Å². The first-order valence-electron chi connectivity index (χ1n) is 11.2. The Balaban J connectivity index is 1.45. The summed E-state index contributed by atoms with van der Waals surface area (Å²) in [4.78, 5) is 19.3. The Morgan fingerprint density at radius 1 is 1.06 bits per heavy atom. The topological polar surface area (TPSA) is 47.4 Å². The van der Waals surface area contributed by atoms with Crippen molar-refractivity contribution in [3.63, 3.8) is 0 Å². The fraction of sp³-hybridized carbons (Fsp3) is 0.308. The van der Waals surface area contributed by atoms with Gasteiger partial charge < -0.3 is 14.2 Å². The van der Waals surface area contributed by atoms with E-state index in [2.05, 4.69) is 4.98 Å². The van der Waals surface area contributed by atoms with Crippen LogP contribution in [0.1, 0.15) is 48.5 Å². The number of hydrogen-bond acceptors (Lipinski definition) is 3. The highest BCUT2D eigenvalue weighted by Crippen LogP contribution is 2.43. The van der Waals surface area contributed by atoms with Gasteiger partial charge in [-0.05, 0) is 62.4 Å². The van der Waals surface area contributed by atoms with Gasteiger partial charge in [-0.1, -0.05) is 6.07 Å². The first-order valence-corrected chi connectivity index (χ1v) is 11.2. The van der Waals surface area contributed by atoms with Crippen molar-refractivity contribution in [2.24, 2.45) is 0 Å². The smallest absolute Gasteiger partial charge is 0.250 e. The standard InChI is InChI=1S/C26H24F3N3O2/c1-15-13-31(14-30-15)24-7-3-16(10-25(24)34-2)9-17-4-5-18-6-8-23(32(18)26(17)33)19-11-21(28)22(29)12-20(19)27/h3,7,9-14,18,23H,4-6,8H2,1-2H3/t18-,23-/m0/s1. The van der Waals surface area contributed by atoms with E-state index in [-0.39, 0.29) is 17.5 Å². The van der Waals surface area contributed by atoms with Crippen LogP contribution in [0.15, 0.2) is 48.4 Å². The molecular formula is C26H24F3N3O2. The molecule has 0 spiro atoms. The summed E-state index contributed by atoms with van der Waals surface area (Å²) in [6.07, 6.45) is 7.97. The highest BCUT2D eigenvalue weighted by atomic mass is 19.2. The summed E-state index contributed by atoms with van der Waals surface area (Å²) in [5.41, 5.74) is 3.13. The highest BCUT2D eigenvalue weighted by Gasteiger charge is 2.42. The number of piperidine rings is 1. The molecule has 0 saturated carbocycles. The van der Waals surface area contributed by atoms with Crippen LogP contribution < -0.4 is 4.74 Å². The minimum absolute atomic E-state index is 0.0256. The molecule has 0 aliphatic carbocycles. The van der Waals surface area contributed by atoms with E-state index in [1.807, 2.05) is 42.0 Å². The Hall–Kier alpha value is -3.55. The van der Waals surface area contributed by atoms with Crippen molar-refractivity contribution >= 4 is 12.0 Å². The third kappa shape index (κ3) is 3.87. The average molecular weight is 467 g/mol. The molecule has 34 heavy (non-hydrogen) atoms. The lowest BCUT2D eigenvalue weighted by molar-refractivity contribution is -0.131. The lowest BCUT2D eigenvalue weighted by Crippen LogP contribution is -2.42. The number of carbonyl (C=O) groups excluding carboxylic acids is 1. The number of benzene rings is 2. The van der Waals surface area contributed by atoms with Gasteiger partial charge in [0.1, 0.15) is 11.6 Å². The fourth-order valence-electron chi connectivity index (χ4n) is 5.05. The van der Waals surface area contributed by atoms with Gasteiger partial charge in [-0.2, -0.15) is 0 Å². The SMILES string of the molecule is COc1cc(C=C2CC[C@H]3CC[C@@H](c4cc(F)c(F)cc4F)N3C2=O)ccc1-n1cnc(C)c1. The Bertz CT molecular complexity index is 1300. The van der Waals surface area contributed by atoms with Gasteiger partial charge in [0.25, 0.3) is 5.91 Å². The van der Waals surface area contributed by atoms with Gasteiger partial charge in [-0.3, -0.25) is 4.79 Å². The average Bonchev–Trinajstić information content (AvgIpc) is 3.45. The number of nitrogens with zero attached hydrogens (tertiary/aromatic N) is 3. The predicted molar refractivity (Wildman–Crippen MR) is 121 cm³/mol. The fourth-order valence-corrected chi connectivity index (χ4v) is 5.05. The maximum Gasteiger partial charge on any atom is 0.250 e. The molecule has 0 unspecified atom stereocenters. The molecule has 3 aromatic rings. The van der Waals surface area contributed by atoms with Crippen LogP contribution in [0, 0.1) is 24.4 Å². The monoisotopic (exact) mass is 467 g/mol. The summed E-state index contributed by atoms with van der Waals surface area (Å²) < 4.78 is 49.2. The number of amides is 1. The number of halogens is 3. The van der Waals surface area contributed by atoms with E-state index in [1.165, 1.54) is 0 Å². The zero-order valence-electron chi connectivity index (χ0n) is 18.9.